The van der Waals surface area contributed by atoms with Crippen LogP contribution < -0.4 is 5.32 Å². The summed E-state index contributed by atoms with van der Waals surface area (Å²) in [7, 11) is 2.00. The number of hydrogen-bond donors (Lipinski definition) is 1. The number of benzene rings is 1. The van der Waals surface area contributed by atoms with Gasteiger partial charge in [0.15, 0.2) is 0 Å². The van der Waals surface area contributed by atoms with E-state index in [1.54, 1.807) is 6.26 Å². The molecule has 1 aromatic carbocycles. The zero-order valence-electron chi connectivity index (χ0n) is 10.3. The molecule has 1 aliphatic carbocycles. The van der Waals surface area contributed by atoms with Crippen molar-refractivity contribution in [2.75, 3.05) is 7.05 Å². The summed E-state index contributed by atoms with van der Waals surface area (Å²) in [6, 6.07) is 13.0. The Bertz CT molecular complexity index is 522. The molecule has 1 aliphatic rings. The predicted molar refractivity (Wildman–Crippen MR) is 75.5 cm³/mol. The van der Waals surface area contributed by atoms with Gasteiger partial charge < -0.3 is 9.73 Å². The second kappa shape index (κ2) is 4.90. The third kappa shape index (κ3) is 2.13. The van der Waals surface area contributed by atoms with E-state index in [-0.39, 0.29) is 0 Å². The van der Waals surface area contributed by atoms with Crippen LogP contribution >= 0.6 is 15.9 Å². The Morgan fingerprint density at radius 1 is 1.28 bits per heavy atom. The maximum atomic E-state index is 5.59. The minimum Gasteiger partial charge on any atom is -0.466 e. The van der Waals surface area contributed by atoms with Crippen LogP contribution in [0.5, 0.6) is 0 Å². The highest BCUT2D eigenvalue weighted by molar-refractivity contribution is 9.10. The fourth-order valence-corrected chi connectivity index (χ4v) is 3.18. The normalized spacial score (nSPS) is 23.9. The highest BCUT2D eigenvalue weighted by Crippen LogP contribution is 2.54. The summed E-state index contributed by atoms with van der Waals surface area (Å²) < 4.78 is 6.65. The summed E-state index contributed by atoms with van der Waals surface area (Å²) in [5.74, 6) is 2.29. The first-order valence-electron chi connectivity index (χ1n) is 6.26. The molecule has 3 unspecified atom stereocenters. The van der Waals surface area contributed by atoms with E-state index in [9.17, 15) is 0 Å². The molecule has 3 rings (SSSR count). The average Bonchev–Trinajstić information content (AvgIpc) is 3.08. The highest BCUT2D eigenvalue weighted by Gasteiger charge is 2.45. The van der Waals surface area contributed by atoms with Crippen molar-refractivity contribution in [3.63, 3.8) is 0 Å². The molecular formula is C15H16BrNO. The van der Waals surface area contributed by atoms with Gasteiger partial charge in [0.1, 0.15) is 5.76 Å². The van der Waals surface area contributed by atoms with Crippen LogP contribution in [0, 0.1) is 5.92 Å². The van der Waals surface area contributed by atoms with Gasteiger partial charge in [-0.3, -0.25) is 0 Å². The lowest BCUT2D eigenvalue weighted by molar-refractivity contribution is 0.396. The lowest BCUT2D eigenvalue weighted by atomic mass is 10.0. The minimum absolute atomic E-state index is 0.291. The molecule has 1 aromatic heterocycles. The van der Waals surface area contributed by atoms with E-state index >= 15 is 0 Å². The fraction of sp³-hybridized carbons (Fsp3) is 0.333. The van der Waals surface area contributed by atoms with Crippen LogP contribution in [0.15, 0.2) is 51.6 Å². The van der Waals surface area contributed by atoms with Crippen LogP contribution in [0.3, 0.4) is 0 Å². The number of nitrogens with one attached hydrogen (secondary N) is 1. The molecule has 3 atom stereocenters. The van der Waals surface area contributed by atoms with Gasteiger partial charge in [0.2, 0.25) is 0 Å². The Morgan fingerprint density at radius 3 is 2.67 bits per heavy atom. The van der Waals surface area contributed by atoms with Crippen LogP contribution in [0.25, 0.3) is 0 Å². The molecule has 1 fully saturated rings. The molecule has 18 heavy (non-hydrogen) atoms. The van der Waals surface area contributed by atoms with Gasteiger partial charge in [-0.15, -0.1) is 0 Å². The molecule has 0 amide bonds. The minimum atomic E-state index is 0.291. The lowest BCUT2D eigenvalue weighted by Gasteiger charge is -2.14. The largest absolute Gasteiger partial charge is 0.466 e. The van der Waals surface area contributed by atoms with Crippen molar-refractivity contribution in [1.29, 1.82) is 0 Å². The maximum absolute atomic E-state index is 5.59. The summed E-state index contributed by atoms with van der Waals surface area (Å²) in [6.07, 6.45) is 2.96. The first-order valence-corrected chi connectivity index (χ1v) is 7.05. The summed E-state index contributed by atoms with van der Waals surface area (Å²) in [5.41, 5.74) is 1.44. The Labute approximate surface area is 116 Å². The molecule has 2 nitrogen and oxygen atoms in total. The third-order valence-electron chi connectivity index (χ3n) is 3.73. The zero-order valence-corrected chi connectivity index (χ0v) is 11.9. The highest BCUT2D eigenvalue weighted by atomic mass is 79.9. The lowest BCUT2D eigenvalue weighted by Crippen LogP contribution is -2.18. The topological polar surface area (TPSA) is 25.2 Å². The van der Waals surface area contributed by atoms with Gasteiger partial charge in [-0.1, -0.05) is 30.3 Å². The van der Waals surface area contributed by atoms with Gasteiger partial charge >= 0.3 is 0 Å². The van der Waals surface area contributed by atoms with Gasteiger partial charge in [0, 0.05) is 0 Å². The third-order valence-corrected chi connectivity index (χ3v) is 4.39. The van der Waals surface area contributed by atoms with Crippen molar-refractivity contribution in [2.45, 2.75) is 18.4 Å². The van der Waals surface area contributed by atoms with E-state index < -0.39 is 0 Å². The van der Waals surface area contributed by atoms with Gasteiger partial charge in [0.25, 0.3) is 0 Å². The monoisotopic (exact) mass is 305 g/mol. The fourth-order valence-electron chi connectivity index (χ4n) is 2.73. The maximum Gasteiger partial charge on any atom is 0.135 e. The van der Waals surface area contributed by atoms with Gasteiger partial charge in [-0.05, 0) is 52.9 Å². The van der Waals surface area contributed by atoms with Crippen molar-refractivity contribution in [3.8, 4) is 0 Å². The van der Waals surface area contributed by atoms with Crippen LogP contribution in [-0.2, 0) is 0 Å². The number of halogens is 1. The van der Waals surface area contributed by atoms with E-state index in [1.165, 1.54) is 12.0 Å². The second-order valence-electron chi connectivity index (χ2n) is 4.82. The van der Waals surface area contributed by atoms with Crippen molar-refractivity contribution < 1.29 is 4.42 Å². The summed E-state index contributed by atoms with van der Waals surface area (Å²) in [5, 5.41) is 3.38. The molecule has 1 heterocycles. The molecule has 2 aromatic rings. The van der Waals surface area contributed by atoms with Crippen molar-refractivity contribution in [1.82, 2.24) is 5.32 Å². The Morgan fingerprint density at radius 2 is 2.06 bits per heavy atom. The van der Waals surface area contributed by atoms with Crippen LogP contribution in [-0.4, -0.2) is 7.05 Å². The van der Waals surface area contributed by atoms with E-state index in [1.807, 2.05) is 13.1 Å². The second-order valence-corrected chi connectivity index (χ2v) is 5.67. The molecule has 0 aliphatic heterocycles. The summed E-state index contributed by atoms with van der Waals surface area (Å²) in [4.78, 5) is 0. The van der Waals surface area contributed by atoms with Crippen molar-refractivity contribution in [3.05, 3.63) is 58.5 Å². The Balaban J connectivity index is 1.79. The predicted octanol–water partition coefficient (Wildman–Crippen LogP) is 4.11. The van der Waals surface area contributed by atoms with Crippen LogP contribution in [0.4, 0.5) is 0 Å². The van der Waals surface area contributed by atoms with E-state index in [2.05, 4.69) is 51.6 Å². The van der Waals surface area contributed by atoms with E-state index in [4.69, 9.17) is 4.42 Å². The smallest absolute Gasteiger partial charge is 0.135 e. The quantitative estimate of drug-likeness (QED) is 0.919. The molecule has 0 spiro atoms. The molecule has 3 heteroatoms. The first kappa shape index (κ1) is 12.0. The van der Waals surface area contributed by atoms with Crippen molar-refractivity contribution in [2.24, 2.45) is 5.92 Å². The van der Waals surface area contributed by atoms with Crippen LogP contribution in [0.2, 0.25) is 0 Å². The number of furan rings is 1. The average molecular weight is 306 g/mol. The molecule has 0 radical (unpaired) electrons. The number of hydrogen-bond acceptors (Lipinski definition) is 2. The van der Waals surface area contributed by atoms with Gasteiger partial charge in [-0.2, -0.15) is 0 Å². The molecule has 1 saturated carbocycles. The standard InChI is InChI=1S/C15H16BrNO/c1-17-14(15-13(16)7-8-18-15)12-9-11(12)10-5-3-2-4-6-10/h2-8,11-12,14,17H,9H2,1H3. The van der Waals surface area contributed by atoms with Gasteiger partial charge in [-0.25, -0.2) is 0 Å². The SMILES string of the molecule is CNC(c1occc1Br)C1CC1c1ccccc1. The molecule has 0 bridgehead atoms. The molecule has 94 valence electrons. The van der Waals surface area contributed by atoms with Crippen LogP contribution in [0.1, 0.15) is 29.7 Å². The molecule has 0 saturated heterocycles. The Hall–Kier alpha value is -1.06. The first-order chi connectivity index (χ1) is 8.81. The number of rotatable bonds is 4. The van der Waals surface area contributed by atoms with E-state index in [0.717, 1.165) is 10.2 Å². The van der Waals surface area contributed by atoms with E-state index in [0.29, 0.717) is 17.9 Å². The van der Waals surface area contributed by atoms with Gasteiger partial charge in [0.05, 0.1) is 16.8 Å². The molecular weight excluding hydrogens is 290 g/mol. The summed E-state index contributed by atoms with van der Waals surface area (Å²) in [6.45, 7) is 0. The Kier molecular flexibility index (Phi) is 3.27. The molecule has 1 N–H and O–H groups in total. The zero-order chi connectivity index (χ0) is 12.5. The van der Waals surface area contributed by atoms with Crippen molar-refractivity contribution >= 4 is 15.9 Å². The summed E-state index contributed by atoms with van der Waals surface area (Å²) >= 11 is 3.55.